The molecule has 0 N–H and O–H groups in total. The monoisotopic (exact) mass is 473 g/mol. The molecule has 0 aliphatic heterocycles. The van der Waals surface area contributed by atoms with Gasteiger partial charge in [0.05, 0.1) is 16.3 Å². The molecule has 0 atom stereocenters. The minimum absolute atomic E-state index is 0.101. The van der Waals surface area contributed by atoms with Gasteiger partial charge in [0.25, 0.3) is 0 Å². The normalized spacial score (nSPS) is 12.2. The Morgan fingerprint density at radius 1 is 1.46 bits per heavy atom. The molecule has 2 aromatic rings. The van der Waals surface area contributed by atoms with Crippen LogP contribution in [0.5, 0.6) is 0 Å². The largest absolute Gasteiger partial charge is 0.619 e. The highest BCUT2D eigenvalue weighted by Gasteiger charge is 2.35. The predicted octanol–water partition coefficient (Wildman–Crippen LogP) is 3.62. The molecule has 0 aliphatic rings. The third-order valence-corrected chi connectivity index (χ3v) is 6.99. The van der Waals surface area contributed by atoms with Gasteiger partial charge in [-0.1, -0.05) is 35.2 Å². The quantitative estimate of drug-likeness (QED) is 0.347. The van der Waals surface area contributed by atoms with Gasteiger partial charge in [0, 0.05) is 19.0 Å². The zero-order chi connectivity index (χ0) is 21.1. The summed E-state index contributed by atoms with van der Waals surface area (Å²) in [6.45, 7) is 2.05. The van der Waals surface area contributed by atoms with Gasteiger partial charge in [-0.15, -0.1) is 0 Å². The van der Waals surface area contributed by atoms with Gasteiger partial charge in [0.1, 0.15) is 15.8 Å². The van der Waals surface area contributed by atoms with E-state index in [1.807, 2.05) is 0 Å². The maximum absolute atomic E-state index is 12.3. The Morgan fingerprint density at radius 3 is 2.71 bits per heavy atom. The van der Waals surface area contributed by atoms with E-state index in [1.54, 1.807) is 19.1 Å². The SMILES string of the molecule is CCN(C(=S)CCS(=O)(=O)CC(F)(F)F)c1sc(-c2ccc[n+]([O-])c2)nc1Cl. The molecule has 0 aliphatic carbocycles. The van der Waals surface area contributed by atoms with Gasteiger partial charge in [0.15, 0.2) is 27.4 Å². The number of hydrogen-bond donors (Lipinski definition) is 0. The molecule has 0 unspecified atom stereocenters. The van der Waals surface area contributed by atoms with Crippen molar-refractivity contribution in [2.45, 2.75) is 19.5 Å². The number of rotatable bonds is 7. The number of nitrogens with zero attached hydrogens (tertiary/aromatic N) is 3. The molecule has 2 aromatic heterocycles. The molecule has 0 bridgehead atoms. The molecule has 2 rings (SSSR count). The highest BCUT2D eigenvalue weighted by atomic mass is 35.5. The Hall–Kier alpha value is -1.50. The van der Waals surface area contributed by atoms with Gasteiger partial charge in [-0.2, -0.15) is 17.9 Å². The Labute approximate surface area is 174 Å². The van der Waals surface area contributed by atoms with Crippen LogP contribution in [0.3, 0.4) is 0 Å². The van der Waals surface area contributed by atoms with Crippen LogP contribution in [0.4, 0.5) is 18.2 Å². The molecule has 28 heavy (non-hydrogen) atoms. The van der Waals surface area contributed by atoms with Crippen molar-refractivity contribution in [3.63, 3.8) is 0 Å². The first kappa shape index (κ1) is 22.8. The fraction of sp³-hybridized carbons (Fsp3) is 0.400. The Bertz CT molecular complexity index is 964. The number of halogens is 4. The Kier molecular flexibility index (Phi) is 7.23. The topological polar surface area (TPSA) is 77.2 Å². The minimum atomic E-state index is -4.80. The first-order valence-corrected chi connectivity index (χ1v) is 11.3. The molecule has 0 fully saturated rings. The van der Waals surface area contributed by atoms with E-state index in [2.05, 4.69) is 4.98 Å². The van der Waals surface area contributed by atoms with Gasteiger partial charge in [-0.3, -0.25) is 0 Å². The number of aromatic nitrogens is 2. The van der Waals surface area contributed by atoms with E-state index >= 15 is 0 Å². The minimum Gasteiger partial charge on any atom is -0.619 e. The van der Waals surface area contributed by atoms with Crippen molar-refractivity contribution in [2.24, 2.45) is 0 Å². The van der Waals surface area contributed by atoms with Gasteiger partial charge in [-0.05, 0) is 13.0 Å². The van der Waals surface area contributed by atoms with Crippen molar-refractivity contribution >= 4 is 55.0 Å². The Morgan fingerprint density at radius 2 is 2.14 bits per heavy atom. The lowest BCUT2D eigenvalue weighted by atomic mass is 10.3. The summed E-state index contributed by atoms with van der Waals surface area (Å²) in [4.78, 5) is 5.85. The highest BCUT2D eigenvalue weighted by Crippen LogP contribution is 2.37. The van der Waals surface area contributed by atoms with Gasteiger partial charge >= 0.3 is 6.18 Å². The van der Waals surface area contributed by atoms with Crippen LogP contribution in [0.2, 0.25) is 5.15 Å². The number of anilines is 1. The predicted molar refractivity (Wildman–Crippen MR) is 106 cm³/mol. The Balaban J connectivity index is 2.18. The molecule has 0 spiro atoms. The maximum Gasteiger partial charge on any atom is 0.402 e. The van der Waals surface area contributed by atoms with Crippen LogP contribution in [0, 0.1) is 5.21 Å². The summed E-state index contributed by atoms with van der Waals surface area (Å²) in [5.41, 5.74) is 0.533. The van der Waals surface area contributed by atoms with Crippen molar-refractivity contribution < 1.29 is 26.3 Å². The van der Waals surface area contributed by atoms with Gasteiger partial charge < -0.3 is 10.1 Å². The maximum atomic E-state index is 12.3. The molecule has 0 saturated heterocycles. The zero-order valence-corrected chi connectivity index (χ0v) is 17.6. The molecule has 2 heterocycles. The number of sulfone groups is 1. The van der Waals surface area contributed by atoms with E-state index in [0.29, 0.717) is 26.8 Å². The summed E-state index contributed by atoms with van der Waals surface area (Å²) < 4.78 is 60.9. The molecule has 0 aromatic carbocycles. The zero-order valence-electron chi connectivity index (χ0n) is 14.4. The lowest BCUT2D eigenvalue weighted by Crippen LogP contribution is -2.32. The van der Waals surface area contributed by atoms with Gasteiger partial charge in [0.2, 0.25) is 0 Å². The van der Waals surface area contributed by atoms with E-state index in [1.165, 1.54) is 17.3 Å². The summed E-state index contributed by atoms with van der Waals surface area (Å²) in [6, 6.07) is 3.22. The molecular formula is C15H15ClF3N3O3S3. The molecule has 0 amide bonds. The van der Waals surface area contributed by atoms with E-state index < -0.39 is 27.5 Å². The first-order valence-electron chi connectivity index (χ1n) is 7.85. The number of hydrogen-bond acceptors (Lipinski definition) is 6. The number of pyridine rings is 1. The van der Waals surface area contributed by atoms with Crippen molar-refractivity contribution in [3.05, 3.63) is 34.9 Å². The van der Waals surface area contributed by atoms with E-state index in [0.717, 1.165) is 11.3 Å². The van der Waals surface area contributed by atoms with E-state index in [4.69, 9.17) is 23.8 Å². The highest BCUT2D eigenvalue weighted by molar-refractivity contribution is 7.91. The van der Waals surface area contributed by atoms with Crippen molar-refractivity contribution in [1.29, 1.82) is 0 Å². The van der Waals surface area contributed by atoms with Crippen LogP contribution >= 0.6 is 35.2 Å². The van der Waals surface area contributed by atoms with Gasteiger partial charge in [-0.25, -0.2) is 13.4 Å². The van der Waals surface area contributed by atoms with Crippen molar-refractivity contribution in [1.82, 2.24) is 4.98 Å². The standard InChI is InChI=1S/C15H15ClF3N3O3S3/c1-2-22(11(26)5-7-28(24,25)9-15(17,18)19)14-12(16)20-13(27-14)10-4-3-6-21(23)8-10/h3-4,6,8H,2,5,7,9H2,1H3. The van der Waals surface area contributed by atoms with Crippen LogP contribution < -0.4 is 9.63 Å². The number of thiocarbonyl (C=S) groups is 1. The molecule has 13 heteroatoms. The third kappa shape index (κ3) is 6.26. The number of alkyl halides is 3. The summed E-state index contributed by atoms with van der Waals surface area (Å²) in [5.74, 6) is -2.61. The molecule has 154 valence electrons. The fourth-order valence-electron chi connectivity index (χ4n) is 2.30. The summed E-state index contributed by atoms with van der Waals surface area (Å²) in [7, 11) is -4.33. The summed E-state index contributed by atoms with van der Waals surface area (Å²) in [5, 5.41) is 12.4. The summed E-state index contributed by atoms with van der Waals surface area (Å²) in [6.07, 6.45) is -2.42. The van der Waals surface area contributed by atoms with Crippen LogP contribution in [0.25, 0.3) is 10.6 Å². The van der Waals surface area contributed by atoms with Crippen molar-refractivity contribution in [2.75, 3.05) is 23.0 Å². The average Bonchev–Trinajstić information content (AvgIpc) is 2.93. The average molecular weight is 474 g/mol. The molecule has 0 radical (unpaired) electrons. The summed E-state index contributed by atoms with van der Waals surface area (Å²) >= 11 is 12.5. The third-order valence-electron chi connectivity index (χ3n) is 3.46. The molecular weight excluding hydrogens is 459 g/mol. The van der Waals surface area contributed by atoms with Crippen molar-refractivity contribution in [3.8, 4) is 10.6 Å². The smallest absolute Gasteiger partial charge is 0.402 e. The molecule has 0 saturated carbocycles. The van der Waals surface area contributed by atoms with E-state index in [9.17, 15) is 26.8 Å². The number of thiazole rings is 1. The second kappa shape index (κ2) is 8.89. The second-order valence-electron chi connectivity index (χ2n) is 5.66. The second-order valence-corrected chi connectivity index (χ2v) is 9.65. The first-order chi connectivity index (χ1) is 12.9. The van der Waals surface area contributed by atoms with E-state index in [-0.39, 0.29) is 16.6 Å². The van der Waals surface area contributed by atoms with Crippen LogP contribution in [0.15, 0.2) is 24.5 Å². The van der Waals surface area contributed by atoms with Crippen LogP contribution in [0.1, 0.15) is 13.3 Å². The van der Waals surface area contributed by atoms with Crippen LogP contribution in [-0.4, -0.2) is 42.6 Å². The lowest BCUT2D eigenvalue weighted by molar-refractivity contribution is -0.604. The fourth-order valence-corrected chi connectivity index (χ4v) is 5.34. The lowest BCUT2D eigenvalue weighted by Gasteiger charge is -2.22. The van der Waals surface area contributed by atoms with Crippen LogP contribution in [-0.2, 0) is 9.84 Å². The molecule has 6 nitrogen and oxygen atoms in total.